The fourth-order valence-corrected chi connectivity index (χ4v) is 3.89. The molecule has 0 aliphatic carbocycles. The SMILES string of the molecule is NC(=O)CN1C(=O)C2(CCN(c3ccncc3)C2)c2ccccc21. The zero-order valence-electron chi connectivity index (χ0n) is 13.2. The van der Waals surface area contributed by atoms with Gasteiger partial charge in [0.15, 0.2) is 0 Å². The minimum Gasteiger partial charge on any atom is -0.370 e. The summed E-state index contributed by atoms with van der Waals surface area (Å²) in [5.74, 6) is -0.529. The van der Waals surface area contributed by atoms with Gasteiger partial charge in [-0.05, 0) is 30.2 Å². The van der Waals surface area contributed by atoms with Gasteiger partial charge in [-0.1, -0.05) is 18.2 Å². The summed E-state index contributed by atoms with van der Waals surface area (Å²) < 4.78 is 0. The second-order valence-electron chi connectivity index (χ2n) is 6.33. The van der Waals surface area contributed by atoms with Crippen molar-refractivity contribution in [1.82, 2.24) is 4.98 Å². The van der Waals surface area contributed by atoms with E-state index in [0.29, 0.717) is 6.54 Å². The average Bonchev–Trinajstić information content (AvgIpc) is 3.14. The van der Waals surface area contributed by atoms with E-state index in [-0.39, 0.29) is 12.5 Å². The van der Waals surface area contributed by atoms with E-state index >= 15 is 0 Å². The fourth-order valence-electron chi connectivity index (χ4n) is 3.89. The zero-order chi connectivity index (χ0) is 16.7. The minimum absolute atomic E-state index is 0.0287. The quantitative estimate of drug-likeness (QED) is 0.916. The normalized spacial score (nSPS) is 22.2. The van der Waals surface area contributed by atoms with Gasteiger partial charge in [-0.2, -0.15) is 0 Å². The standard InChI is InChI=1S/C18H18N4O2/c19-16(23)11-22-15-4-2-1-3-14(15)18(17(22)24)7-10-21(12-18)13-5-8-20-9-6-13/h1-6,8-9H,7,10-12H2,(H2,19,23). The molecule has 1 atom stereocenters. The molecule has 2 amide bonds. The van der Waals surface area contributed by atoms with Gasteiger partial charge in [0.1, 0.15) is 6.54 Å². The molecule has 1 saturated heterocycles. The first kappa shape index (κ1) is 14.7. The molecule has 2 aliphatic heterocycles. The summed E-state index contributed by atoms with van der Waals surface area (Å²) in [7, 11) is 0. The van der Waals surface area contributed by atoms with Crippen LogP contribution >= 0.6 is 0 Å². The van der Waals surface area contributed by atoms with Crippen molar-refractivity contribution in [3.8, 4) is 0 Å². The molecule has 6 nitrogen and oxygen atoms in total. The Hall–Kier alpha value is -2.89. The number of anilines is 2. The molecule has 1 spiro atoms. The second kappa shape index (κ2) is 5.33. The first-order chi connectivity index (χ1) is 11.6. The molecule has 6 heteroatoms. The van der Waals surface area contributed by atoms with E-state index in [2.05, 4.69) is 9.88 Å². The summed E-state index contributed by atoms with van der Waals surface area (Å²) >= 11 is 0. The molecule has 4 rings (SSSR count). The number of fused-ring (bicyclic) bond motifs is 2. The van der Waals surface area contributed by atoms with Crippen LogP contribution in [0.2, 0.25) is 0 Å². The Morgan fingerprint density at radius 2 is 1.96 bits per heavy atom. The van der Waals surface area contributed by atoms with E-state index in [1.165, 1.54) is 4.90 Å². The van der Waals surface area contributed by atoms with Gasteiger partial charge in [0.2, 0.25) is 11.8 Å². The Morgan fingerprint density at radius 1 is 1.21 bits per heavy atom. The summed E-state index contributed by atoms with van der Waals surface area (Å²) in [5, 5.41) is 0. The number of primary amides is 1. The largest absolute Gasteiger partial charge is 0.370 e. The number of carbonyl (C=O) groups is 2. The van der Waals surface area contributed by atoms with E-state index in [0.717, 1.165) is 29.9 Å². The Kier molecular flexibility index (Phi) is 3.26. The monoisotopic (exact) mass is 322 g/mol. The third-order valence-corrected chi connectivity index (χ3v) is 4.98. The molecular weight excluding hydrogens is 304 g/mol. The van der Waals surface area contributed by atoms with Gasteiger partial charge in [0, 0.05) is 36.9 Å². The third-order valence-electron chi connectivity index (χ3n) is 4.98. The van der Waals surface area contributed by atoms with E-state index in [9.17, 15) is 9.59 Å². The Morgan fingerprint density at radius 3 is 2.71 bits per heavy atom. The highest BCUT2D eigenvalue weighted by atomic mass is 16.2. The van der Waals surface area contributed by atoms with Gasteiger partial charge < -0.3 is 15.5 Å². The Labute approximate surface area is 139 Å². The molecule has 0 saturated carbocycles. The highest BCUT2D eigenvalue weighted by Crippen LogP contribution is 2.47. The van der Waals surface area contributed by atoms with Crippen LogP contribution in [0.5, 0.6) is 0 Å². The molecule has 122 valence electrons. The molecule has 2 N–H and O–H groups in total. The molecule has 0 bridgehead atoms. The Balaban J connectivity index is 1.73. The molecule has 1 fully saturated rings. The molecule has 1 aromatic carbocycles. The van der Waals surface area contributed by atoms with Gasteiger partial charge >= 0.3 is 0 Å². The number of aromatic nitrogens is 1. The van der Waals surface area contributed by atoms with Crippen LogP contribution in [0.4, 0.5) is 11.4 Å². The first-order valence-corrected chi connectivity index (χ1v) is 7.96. The highest BCUT2D eigenvalue weighted by molar-refractivity contribution is 6.11. The predicted molar refractivity (Wildman–Crippen MR) is 90.7 cm³/mol. The van der Waals surface area contributed by atoms with Crippen LogP contribution in [0.15, 0.2) is 48.8 Å². The second-order valence-corrected chi connectivity index (χ2v) is 6.33. The maximum Gasteiger partial charge on any atom is 0.240 e. The topological polar surface area (TPSA) is 79.5 Å². The molecular formula is C18H18N4O2. The molecule has 3 heterocycles. The number of pyridine rings is 1. The number of benzene rings is 1. The van der Waals surface area contributed by atoms with Gasteiger partial charge in [0.05, 0.1) is 5.41 Å². The van der Waals surface area contributed by atoms with E-state index < -0.39 is 11.3 Å². The van der Waals surface area contributed by atoms with Gasteiger partial charge in [-0.15, -0.1) is 0 Å². The van der Waals surface area contributed by atoms with Crippen LogP contribution in [-0.2, 0) is 15.0 Å². The average molecular weight is 322 g/mol. The first-order valence-electron chi connectivity index (χ1n) is 7.96. The lowest BCUT2D eigenvalue weighted by Crippen LogP contribution is -2.45. The lowest BCUT2D eigenvalue weighted by atomic mass is 9.81. The van der Waals surface area contributed by atoms with Crippen molar-refractivity contribution in [2.45, 2.75) is 11.8 Å². The zero-order valence-corrected chi connectivity index (χ0v) is 13.2. The molecule has 1 unspecified atom stereocenters. The highest BCUT2D eigenvalue weighted by Gasteiger charge is 2.54. The number of hydrogen-bond acceptors (Lipinski definition) is 4. The van der Waals surface area contributed by atoms with Crippen molar-refractivity contribution in [1.29, 1.82) is 0 Å². The van der Waals surface area contributed by atoms with Crippen molar-refractivity contribution in [2.24, 2.45) is 5.73 Å². The van der Waals surface area contributed by atoms with Crippen LogP contribution < -0.4 is 15.5 Å². The number of hydrogen-bond donors (Lipinski definition) is 1. The fraction of sp³-hybridized carbons (Fsp3) is 0.278. The van der Waals surface area contributed by atoms with Crippen molar-refractivity contribution < 1.29 is 9.59 Å². The van der Waals surface area contributed by atoms with E-state index in [1.807, 2.05) is 36.4 Å². The number of carbonyl (C=O) groups excluding carboxylic acids is 2. The molecule has 0 radical (unpaired) electrons. The maximum atomic E-state index is 13.2. The van der Waals surface area contributed by atoms with E-state index in [4.69, 9.17) is 5.73 Å². The summed E-state index contributed by atoms with van der Waals surface area (Å²) in [5.41, 5.74) is 7.60. The van der Waals surface area contributed by atoms with Gasteiger partial charge in [-0.25, -0.2) is 0 Å². The Bertz CT molecular complexity index is 808. The lowest BCUT2D eigenvalue weighted by Gasteiger charge is -2.25. The molecule has 2 aromatic rings. The van der Waals surface area contributed by atoms with Crippen molar-refractivity contribution >= 4 is 23.2 Å². The van der Waals surface area contributed by atoms with Crippen molar-refractivity contribution in [3.63, 3.8) is 0 Å². The van der Waals surface area contributed by atoms with Crippen LogP contribution in [0, 0.1) is 0 Å². The number of rotatable bonds is 3. The maximum absolute atomic E-state index is 13.2. The van der Waals surface area contributed by atoms with Crippen molar-refractivity contribution in [2.75, 3.05) is 29.4 Å². The third kappa shape index (κ3) is 2.06. The van der Waals surface area contributed by atoms with Crippen LogP contribution in [-0.4, -0.2) is 36.4 Å². The summed E-state index contributed by atoms with van der Waals surface area (Å²) in [4.78, 5) is 32.4. The molecule has 1 aromatic heterocycles. The smallest absolute Gasteiger partial charge is 0.240 e. The lowest BCUT2D eigenvalue weighted by molar-refractivity contribution is -0.124. The molecule has 2 aliphatic rings. The minimum atomic E-state index is -0.602. The number of nitrogens with zero attached hydrogens (tertiary/aromatic N) is 3. The van der Waals surface area contributed by atoms with Crippen LogP contribution in [0.1, 0.15) is 12.0 Å². The summed E-state index contributed by atoms with van der Waals surface area (Å²) in [6.07, 6.45) is 4.23. The number of para-hydroxylation sites is 1. The van der Waals surface area contributed by atoms with E-state index in [1.54, 1.807) is 12.4 Å². The van der Waals surface area contributed by atoms with Gasteiger partial charge in [-0.3, -0.25) is 14.6 Å². The van der Waals surface area contributed by atoms with Crippen LogP contribution in [0.3, 0.4) is 0 Å². The number of nitrogens with two attached hydrogens (primary N) is 1. The van der Waals surface area contributed by atoms with Crippen molar-refractivity contribution in [3.05, 3.63) is 54.4 Å². The van der Waals surface area contributed by atoms with Crippen LogP contribution in [0.25, 0.3) is 0 Å². The van der Waals surface area contributed by atoms with Gasteiger partial charge in [0.25, 0.3) is 0 Å². The predicted octanol–water partition coefficient (Wildman–Crippen LogP) is 1.06. The summed E-state index contributed by atoms with van der Waals surface area (Å²) in [6, 6.07) is 11.6. The summed E-state index contributed by atoms with van der Waals surface area (Å²) in [6.45, 7) is 1.31. The molecule has 24 heavy (non-hydrogen) atoms. The number of amides is 2.